The molecule has 0 saturated carbocycles. The van der Waals surface area contributed by atoms with Gasteiger partial charge in [0.25, 0.3) is 0 Å². The van der Waals surface area contributed by atoms with Crippen LogP contribution >= 0.6 is 0 Å². The first-order valence-electron chi connectivity index (χ1n) is 8.17. The third-order valence-electron chi connectivity index (χ3n) is 4.42. The minimum atomic E-state index is -4.60. The smallest absolute Gasteiger partial charge is 0.416 e. The number of urea groups is 1. The maximum Gasteiger partial charge on any atom is 0.416 e. The van der Waals surface area contributed by atoms with E-state index >= 15 is 0 Å². The van der Waals surface area contributed by atoms with E-state index in [0.29, 0.717) is 11.3 Å². The molecule has 0 bridgehead atoms. The van der Waals surface area contributed by atoms with E-state index in [1.54, 1.807) is 24.3 Å². The van der Waals surface area contributed by atoms with E-state index < -0.39 is 29.8 Å². The van der Waals surface area contributed by atoms with Crippen LogP contribution in [0.4, 0.5) is 29.3 Å². The lowest BCUT2D eigenvalue weighted by atomic mass is 9.94. The molecule has 6 nitrogen and oxygen atoms in total. The Hall–Kier alpha value is -3.49. The minimum Gasteiger partial charge on any atom is -0.478 e. The number of carboxylic acids is 1. The number of halogens is 3. The number of allylic oxidation sites excluding steroid dienone is 1. The highest BCUT2D eigenvalue weighted by molar-refractivity contribution is 6.02. The predicted molar refractivity (Wildman–Crippen MR) is 96.4 cm³/mol. The highest BCUT2D eigenvalue weighted by Gasteiger charge is 2.37. The van der Waals surface area contributed by atoms with Crippen molar-refractivity contribution in [1.82, 2.24) is 5.32 Å². The highest BCUT2D eigenvalue weighted by atomic mass is 19.4. The number of hydrogen-bond donors (Lipinski definition) is 3. The fraction of sp³-hybridized carbons (Fsp3) is 0.158. The number of nitrogens with one attached hydrogen (secondary N) is 1. The molecular weight excluding hydrogens is 375 g/mol. The van der Waals surface area contributed by atoms with Gasteiger partial charge in [0.1, 0.15) is 0 Å². The first-order valence-corrected chi connectivity index (χ1v) is 8.17. The summed E-state index contributed by atoms with van der Waals surface area (Å²) in [5, 5.41) is 12.2. The molecule has 0 radical (unpaired) electrons. The molecule has 0 aliphatic carbocycles. The Morgan fingerprint density at radius 2 is 1.82 bits per heavy atom. The van der Waals surface area contributed by atoms with Gasteiger partial charge in [-0.3, -0.25) is 4.90 Å². The van der Waals surface area contributed by atoms with Crippen LogP contribution in [0.15, 0.2) is 59.8 Å². The average molecular weight is 391 g/mol. The molecule has 0 aromatic heterocycles. The zero-order chi connectivity index (χ0) is 20.6. The standard InChI is InChI=1S/C19H16F3N3O3/c1-10-15(17(26)27)16(11-5-7-13(23)8-6-11)24-18(28)25(10)14-4-2-3-12(9-14)19(20,21)22/h2-9,16H,23H2,1H3,(H,24,28)(H,26,27)/t16-/m1/s1. The second-order valence-corrected chi connectivity index (χ2v) is 6.24. The van der Waals surface area contributed by atoms with Crippen LogP contribution in [-0.4, -0.2) is 17.1 Å². The second-order valence-electron chi connectivity index (χ2n) is 6.24. The van der Waals surface area contributed by atoms with Crippen molar-refractivity contribution in [3.05, 3.63) is 70.9 Å². The predicted octanol–water partition coefficient (Wildman–Crippen LogP) is 3.92. The van der Waals surface area contributed by atoms with Gasteiger partial charge in [-0.15, -0.1) is 0 Å². The summed E-state index contributed by atoms with van der Waals surface area (Å²) in [5.41, 5.74) is 5.44. The number of benzene rings is 2. The van der Waals surface area contributed by atoms with Crippen molar-refractivity contribution < 1.29 is 27.9 Å². The van der Waals surface area contributed by atoms with Crippen molar-refractivity contribution in [3.63, 3.8) is 0 Å². The lowest BCUT2D eigenvalue weighted by Gasteiger charge is -2.35. The van der Waals surface area contributed by atoms with Gasteiger partial charge in [-0.1, -0.05) is 18.2 Å². The van der Waals surface area contributed by atoms with E-state index in [1.807, 2.05) is 0 Å². The van der Waals surface area contributed by atoms with Gasteiger partial charge >= 0.3 is 18.2 Å². The number of amides is 2. The van der Waals surface area contributed by atoms with Crippen LogP contribution in [0.25, 0.3) is 0 Å². The summed E-state index contributed by atoms with van der Waals surface area (Å²) in [6.07, 6.45) is -4.60. The van der Waals surface area contributed by atoms with E-state index in [9.17, 15) is 27.9 Å². The molecule has 0 unspecified atom stereocenters. The summed E-state index contributed by atoms with van der Waals surface area (Å²) in [6.45, 7) is 1.38. The van der Waals surface area contributed by atoms with Crippen LogP contribution < -0.4 is 16.0 Å². The summed E-state index contributed by atoms with van der Waals surface area (Å²) < 4.78 is 39.0. The summed E-state index contributed by atoms with van der Waals surface area (Å²) in [6, 6.07) is 8.73. The van der Waals surface area contributed by atoms with Crippen LogP contribution in [0.3, 0.4) is 0 Å². The molecule has 0 saturated heterocycles. The average Bonchev–Trinajstić information content (AvgIpc) is 2.61. The maximum absolute atomic E-state index is 13.0. The number of carbonyl (C=O) groups excluding carboxylic acids is 1. The number of nitrogens with zero attached hydrogens (tertiary/aromatic N) is 1. The van der Waals surface area contributed by atoms with E-state index in [2.05, 4.69) is 5.32 Å². The van der Waals surface area contributed by atoms with Gasteiger partial charge in [0.2, 0.25) is 0 Å². The summed E-state index contributed by atoms with van der Waals surface area (Å²) in [5.74, 6) is -1.30. The Balaban J connectivity index is 2.11. The normalized spacial score (nSPS) is 17.5. The minimum absolute atomic E-state index is 0.0254. The van der Waals surface area contributed by atoms with Crippen LogP contribution in [-0.2, 0) is 11.0 Å². The summed E-state index contributed by atoms with van der Waals surface area (Å²) in [7, 11) is 0. The quantitative estimate of drug-likeness (QED) is 0.691. The van der Waals surface area contributed by atoms with E-state index in [-0.39, 0.29) is 17.0 Å². The Bertz CT molecular complexity index is 968. The number of aliphatic carboxylic acids is 1. The van der Waals surface area contributed by atoms with Gasteiger partial charge < -0.3 is 16.2 Å². The van der Waals surface area contributed by atoms with Crippen LogP contribution in [0, 0.1) is 0 Å². The van der Waals surface area contributed by atoms with Crippen LogP contribution in [0.5, 0.6) is 0 Å². The molecule has 1 aliphatic rings. The van der Waals surface area contributed by atoms with Gasteiger partial charge in [0, 0.05) is 11.4 Å². The Morgan fingerprint density at radius 1 is 1.18 bits per heavy atom. The molecule has 4 N–H and O–H groups in total. The fourth-order valence-electron chi connectivity index (χ4n) is 3.09. The molecule has 0 fully saturated rings. The van der Waals surface area contributed by atoms with Crippen molar-refractivity contribution in [3.8, 4) is 0 Å². The lowest BCUT2D eigenvalue weighted by molar-refractivity contribution is -0.137. The van der Waals surface area contributed by atoms with Gasteiger partial charge in [-0.25, -0.2) is 9.59 Å². The second kappa shape index (κ2) is 6.91. The Kier molecular flexibility index (Phi) is 4.76. The molecule has 1 atom stereocenters. The molecule has 3 rings (SSSR count). The van der Waals surface area contributed by atoms with Gasteiger partial charge in [-0.2, -0.15) is 13.2 Å². The van der Waals surface area contributed by atoms with Crippen LogP contribution in [0.2, 0.25) is 0 Å². The molecule has 1 heterocycles. The van der Waals surface area contributed by atoms with Gasteiger partial charge in [-0.05, 0) is 42.8 Å². The SMILES string of the molecule is CC1=C(C(=O)O)[C@@H](c2ccc(N)cc2)NC(=O)N1c1cccc(C(F)(F)F)c1. The summed E-state index contributed by atoms with van der Waals surface area (Å²) in [4.78, 5) is 25.5. The monoisotopic (exact) mass is 391 g/mol. The van der Waals surface area contributed by atoms with Crippen LogP contribution in [0.1, 0.15) is 24.1 Å². The van der Waals surface area contributed by atoms with Crippen molar-refractivity contribution >= 4 is 23.4 Å². The number of alkyl halides is 3. The first kappa shape index (κ1) is 19.3. The third kappa shape index (κ3) is 3.51. The van der Waals surface area contributed by atoms with E-state index in [1.165, 1.54) is 13.0 Å². The number of carbonyl (C=O) groups is 2. The number of hydrogen-bond acceptors (Lipinski definition) is 3. The topological polar surface area (TPSA) is 95.7 Å². The van der Waals surface area contributed by atoms with Crippen molar-refractivity contribution in [1.29, 1.82) is 0 Å². The van der Waals surface area contributed by atoms with Crippen molar-refractivity contribution in [2.24, 2.45) is 0 Å². The number of rotatable bonds is 3. The number of carboxylic acid groups (broad SMARTS) is 1. The lowest BCUT2D eigenvalue weighted by Crippen LogP contribution is -2.48. The van der Waals surface area contributed by atoms with E-state index in [0.717, 1.165) is 23.1 Å². The van der Waals surface area contributed by atoms with Gasteiger partial charge in [0.15, 0.2) is 0 Å². The zero-order valence-electron chi connectivity index (χ0n) is 14.6. The molecule has 2 amide bonds. The highest BCUT2D eigenvalue weighted by Crippen LogP contribution is 2.36. The van der Waals surface area contributed by atoms with Crippen molar-refractivity contribution in [2.75, 3.05) is 10.6 Å². The Morgan fingerprint density at radius 3 is 2.39 bits per heavy atom. The molecule has 0 spiro atoms. The number of nitrogen functional groups attached to an aromatic ring is 1. The van der Waals surface area contributed by atoms with Crippen molar-refractivity contribution in [2.45, 2.75) is 19.1 Å². The third-order valence-corrected chi connectivity index (χ3v) is 4.42. The zero-order valence-corrected chi connectivity index (χ0v) is 14.6. The largest absolute Gasteiger partial charge is 0.478 e. The molecule has 9 heteroatoms. The molecule has 2 aromatic carbocycles. The maximum atomic E-state index is 13.0. The van der Waals surface area contributed by atoms with Gasteiger partial charge in [0.05, 0.1) is 22.9 Å². The molecule has 2 aromatic rings. The summed E-state index contributed by atoms with van der Waals surface area (Å²) >= 11 is 0. The number of anilines is 2. The number of nitrogens with two attached hydrogens (primary N) is 1. The Labute approximate surface area is 158 Å². The first-order chi connectivity index (χ1) is 13.1. The molecule has 146 valence electrons. The van der Waals surface area contributed by atoms with E-state index in [4.69, 9.17) is 5.73 Å². The fourth-order valence-corrected chi connectivity index (χ4v) is 3.09. The molecule has 28 heavy (non-hydrogen) atoms. The molecular formula is C19H16F3N3O3. The molecule has 1 aliphatic heterocycles.